The topological polar surface area (TPSA) is 24.5 Å². The summed E-state index contributed by atoms with van der Waals surface area (Å²) in [7, 11) is 1.69. The molecule has 0 spiro atoms. The predicted octanol–water partition coefficient (Wildman–Crippen LogP) is 2.89. The molecule has 1 aliphatic rings. The summed E-state index contributed by atoms with van der Waals surface area (Å²) in [5, 5.41) is 3.58. The summed E-state index contributed by atoms with van der Waals surface area (Å²) in [4.78, 5) is 2.44. The van der Waals surface area contributed by atoms with Gasteiger partial charge in [0.05, 0.1) is 11.6 Å². The van der Waals surface area contributed by atoms with Gasteiger partial charge in [-0.15, -0.1) is 0 Å². The van der Waals surface area contributed by atoms with Crippen molar-refractivity contribution in [2.45, 2.75) is 19.9 Å². The Kier molecular flexibility index (Phi) is 4.51. The number of piperazine rings is 1. The van der Waals surface area contributed by atoms with Gasteiger partial charge in [-0.3, -0.25) is 0 Å². The van der Waals surface area contributed by atoms with Crippen LogP contribution in [0, 0.1) is 5.92 Å². The second-order valence-corrected chi connectivity index (χ2v) is 5.92. The van der Waals surface area contributed by atoms with Crippen molar-refractivity contribution in [1.82, 2.24) is 5.32 Å². The molecule has 2 rings (SSSR count). The highest BCUT2D eigenvalue weighted by atomic mass is 79.9. The number of hydrogen-bond acceptors (Lipinski definition) is 3. The van der Waals surface area contributed by atoms with E-state index in [2.05, 4.69) is 52.1 Å². The van der Waals surface area contributed by atoms with Crippen LogP contribution in [0.3, 0.4) is 0 Å². The van der Waals surface area contributed by atoms with E-state index in [1.165, 1.54) is 5.69 Å². The first kappa shape index (κ1) is 13.7. The molecule has 0 radical (unpaired) electrons. The lowest BCUT2D eigenvalue weighted by Gasteiger charge is -2.37. The molecule has 0 aromatic heterocycles. The maximum absolute atomic E-state index is 5.27. The van der Waals surface area contributed by atoms with E-state index in [4.69, 9.17) is 4.74 Å². The Balaban J connectivity index is 2.13. The zero-order valence-electron chi connectivity index (χ0n) is 11.2. The molecule has 100 valence electrons. The number of rotatable bonds is 3. The van der Waals surface area contributed by atoms with E-state index in [-0.39, 0.29) is 0 Å². The van der Waals surface area contributed by atoms with E-state index in [1.54, 1.807) is 7.11 Å². The van der Waals surface area contributed by atoms with Gasteiger partial charge in [-0.25, -0.2) is 0 Å². The summed E-state index contributed by atoms with van der Waals surface area (Å²) < 4.78 is 6.28. The lowest BCUT2D eigenvalue weighted by Crippen LogP contribution is -2.52. The first-order valence-electron chi connectivity index (χ1n) is 6.43. The van der Waals surface area contributed by atoms with Gasteiger partial charge in [0.25, 0.3) is 0 Å². The number of ether oxygens (including phenoxy) is 1. The summed E-state index contributed by atoms with van der Waals surface area (Å²) in [5.74, 6) is 1.55. The molecule has 1 heterocycles. The van der Waals surface area contributed by atoms with Crippen LogP contribution in [0.2, 0.25) is 0 Å². The first-order valence-corrected chi connectivity index (χ1v) is 7.23. The standard InChI is InChI=1S/C14H21BrN2O/c1-10(2)13-9-17(7-6-16-13)11-4-5-14(18-3)12(15)8-11/h4-5,8,10,13,16H,6-7,9H2,1-3H3. The molecule has 0 saturated carbocycles. The average molecular weight is 313 g/mol. The van der Waals surface area contributed by atoms with Crippen molar-refractivity contribution < 1.29 is 4.74 Å². The Bertz CT molecular complexity index is 409. The Hall–Kier alpha value is -0.740. The van der Waals surface area contributed by atoms with Crippen LogP contribution in [0.15, 0.2) is 22.7 Å². The molecule has 0 bridgehead atoms. The molecule has 1 aromatic rings. The second-order valence-electron chi connectivity index (χ2n) is 5.07. The van der Waals surface area contributed by atoms with Crippen molar-refractivity contribution in [3.05, 3.63) is 22.7 Å². The molecule has 1 N–H and O–H groups in total. The SMILES string of the molecule is COc1ccc(N2CCNC(C(C)C)C2)cc1Br. The van der Waals surface area contributed by atoms with Gasteiger partial charge in [0.1, 0.15) is 5.75 Å². The van der Waals surface area contributed by atoms with E-state index >= 15 is 0 Å². The number of methoxy groups -OCH3 is 1. The van der Waals surface area contributed by atoms with E-state index in [0.29, 0.717) is 12.0 Å². The molecule has 1 fully saturated rings. The van der Waals surface area contributed by atoms with Gasteiger partial charge in [-0.2, -0.15) is 0 Å². The Morgan fingerprint density at radius 3 is 2.83 bits per heavy atom. The van der Waals surface area contributed by atoms with Crippen LogP contribution in [-0.2, 0) is 0 Å². The monoisotopic (exact) mass is 312 g/mol. The van der Waals surface area contributed by atoms with Crippen LogP contribution in [0.25, 0.3) is 0 Å². The summed E-state index contributed by atoms with van der Waals surface area (Å²) in [6, 6.07) is 6.86. The molecule has 0 amide bonds. The van der Waals surface area contributed by atoms with Crippen LogP contribution >= 0.6 is 15.9 Å². The minimum atomic E-state index is 0.569. The molecule has 1 saturated heterocycles. The highest BCUT2D eigenvalue weighted by Gasteiger charge is 2.22. The fraction of sp³-hybridized carbons (Fsp3) is 0.571. The van der Waals surface area contributed by atoms with Crippen LogP contribution in [0.4, 0.5) is 5.69 Å². The van der Waals surface area contributed by atoms with Gasteiger partial charge < -0.3 is 15.0 Å². The zero-order valence-corrected chi connectivity index (χ0v) is 12.8. The Morgan fingerprint density at radius 1 is 1.44 bits per heavy atom. The van der Waals surface area contributed by atoms with Gasteiger partial charge in [0.15, 0.2) is 0 Å². The molecule has 1 atom stereocenters. The lowest BCUT2D eigenvalue weighted by atomic mass is 10.0. The third-order valence-corrected chi connectivity index (χ3v) is 4.13. The van der Waals surface area contributed by atoms with Gasteiger partial charge in [-0.05, 0) is 40.0 Å². The summed E-state index contributed by atoms with van der Waals surface area (Å²) in [5.41, 5.74) is 1.26. The molecule has 3 nitrogen and oxygen atoms in total. The molecule has 18 heavy (non-hydrogen) atoms. The van der Waals surface area contributed by atoms with Gasteiger partial charge >= 0.3 is 0 Å². The van der Waals surface area contributed by atoms with Crippen LogP contribution in [0.5, 0.6) is 5.75 Å². The summed E-state index contributed by atoms with van der Waals surface area (Å²) in [6.07, 6.45) is 0. The van der Waals surface area contributed by atoms with E-state index < -0.39 is 0 Å². The number of nitrogens with one attached hydrogen (secondary N) is 1. The van der Waals surface area contributed by atoms with Crippen LogP contribution in [0.1, 0.15) is 13.8 Å². The van der Waals surface area contributed by atoms with Crippen molar-refractivity contribution in [2.24, 2.45) is 5.92 Å². The molecule has 1 aromatic carbocycles. The van der Waals surface area contributed by atoms with Crippen molar-refractivity contribution in [3.8, 4) is 5.75 Å². The van der Waals surface area contributed by atoms with Gasteiger partial charge in [0, 0.05) is 31.4 Å². The van der Waals surface area contributed by atoms with Crippen molar-refractivity contribution in [1.29, 1.82) is 0 Å². The number of hydrogen-bond donors (Lipinski definition) is 1. The highest BCUT2D eigenvalue weighted by Crippen LogP contribution is 2.30. The number of benzene rings is 1. The third kappa shape index (κ3) is 2.98. The zero-order chi connectivity index (χ0) is 13.1. The average Bonchev–Trinajstić information content (AvgIpc) is 2.38. The number of anilines is 1. The minimum absolute atomic E-state index is 0.569. The fourth-order valence-corrected chi connectivity index (χ4v) is 2.84. The summed E-state index contributed by atoms with van der Waals surface area (Å²) in [6.45, 7) is 7.71. The molecular weight excluding hydrogens is 292 g/mol. The highest BCUT2D eigenvalue weighted by molar-refractivity contribution is 9.10. The van der Waals surface area contributed by atoms with Crippen molar-refractivity contribution in [2.75, 3.05) is 31.6 Å². The largest absolute Gasteiger partial charge is 0.496 e. The smallest absolute Gasteiger partial charge is 0.133 e. The van der Waals surface area contributed by atoms with Gasteiger partial charge in [-0.1, -0.05) is 13.8 Å². The minimum Gasteiger partial charge on any atom is -0.496 e. The maximum atomic E-state index is 5.27. The van der Waals surface area contributed by atoms with Crippen LogP contribution in [-0.4, -0.2) is 32.8 Å². The number of halogens is 1. The van der Waals surface area contributed by atoms with E-state index in [9.17, 15) is 0 Å². The third-order valence-electron chi connectivity index (χ3n) is 3.51. The Labute approximate surface area is 118 Å². The molecule has 1 unspecified atom stereocenters. The molecule has 0 aliphatic carbocycles. The predicted molar refractivity (Wildman–Crippen MR) is 79.5 cm³/mol. The van der Waals surface area contributed by atoms with Crippen molar-refractivity contribution in [3.63, 3.8) is 0 Å². The van der Waals surface area contributed by atoms with E-state index in [0.717, 1.165) is 29.9 Å². The van der Waals surface area contributed by atoms with E-state index in [1.807, 2.05) is 6.07 Å². The lowest BCUT2D eigenvalue weighted by molar-refractivity contribution is 0.368. The first-order chi connectivity index (χ1) is 8.61. The fourth-order valence-electron chi connectivity index (χ4n) is 2.31. The maximum Gasteiger partial charge on any atom is 0.133 e. The van der Waals surface area contributed by atoms with Crippen LogP contribution < -0.4 is 15.0 Å². The molecule has 4 heteroatoms. The number of nitrogens with zero attached hydrogens (tertiary/aromatic N) is 1. The second kappa shape index (κ2) is 5.93. The van der Waals surface area contributed by atoms with Gasteiger partial charge in [0.2, 0.25) is 0 Å². The molecule has 1 aliphatic heterocycles. The quantitative estimate of drug-likeness (QED) is 0.929. The molecular formula is C14H21BrN2O. The normalized spacial score (nSPS) is 20.3. The van der Waals surface area contributed by atoms with Crippen molar-refractivity contribution >= 4 is 21.6 Å². The summed E-state index contributed by atoms with van der Waals surface area (Å²) >= 11 is 3.55. The Morgan fingerprint density at radius 2 is 2.22 bits per heavy atom.